The van der Waals surface area contributed by atoms with Crippen LogP contribution in [0.15, 0.2) is 81.8 Å². The van der Waals surface area contributed by atoms with Crippen LogP contribution in [0.5, 0.6) is 0 Å². The average molecular weight is 441 g/mol. The summed E-state index contributed by atoms with van der Waals surface area (Å²) in [4.78, 5) is 24.7. The summed E-state index contributed by atoms with van der Waals surface area (Å²) in [5, 5.41) is 6.17. The Balaban J connectivity index is 1.47. The van der Waals surface area contributed by atoms with Crippen LogP contribution in [0.3, 0.4) is 0 Å². The second kappa shape index (κ2) is 8.49. The van der Waals surface area contributed by atoms with Crippen molar-refractivity contribution in [1.82, 2.24) is 0 Å². The van der Waals surface area contributed by atoms with Crippen molar-refractivity contribution in [2.45, 2.75) is 0 Å². The van der Waals surface area contributed by atoms with Crippen LogP contribution in [0.1, 0.15) is 21.1 Å². The molecule has 0 radical (unpaired) electrons. The predicted octanol–water partition coefficient (Wildman–Crippen LogP) is 6.35. The van der Waals surface area contributed by atoms with E-state index in [4.69, 9.17) is 32.0 Å². The molecule has 0 atom stereocenters. The molecular weight excluding hydrogens is 427 g/mol. The number of furan rings is 2. The van der Waals surface area contributed by atoms with E-state index in [2.05, 4.69) is 10.6 Å². The maximum Gasteiger partial charge on any atom is 0.291 e. The van der Waals surface area contributed by atoms with Crippen molar-refractivity contribution in [3.63, 3.8) is 0 Å². The van der Waals surface area contributed by atoms with E-state index < -0.39 is 11.8 Å². The van der Waals surface area contributed by atoms with E-state index in [1.807, 2.05) is 0 Å². The number of halogens is 2. The van der Waals surface area contributed by atoms with E-state index in [0.717, 1.165) is 0 Å². The predicted molar refractivity (Wildman–Crippen MR) is 115 cm³/mol. The number of anilines is 2. The summed E-state index contributed by atoms with van der Waals surface area (Å²) < 4.78 is 10.7. The number of carbonyl (C=O) groups is 2. The normalized spacial score (nSPS) is 10.6. The van der Waals surface area contributed by atoms with Gasteiger partial charge in [-0.05, 0) is 54.6 Å². The third kappa shape index (κ3) is 4.25. The molecular formula is C22H14Cl2N2O4. The largest absolute Gasteiger partial charge is 0.459 e. The fourth-order valence-corrected chi connectivity index (χ4v) is 3.16. The monoisotopic (exact) mass is 440 g/mol. The van der Waals surface area contributed by atoms with Crippen molar-refractivity contribution in [3.05, 3.63) is 94.6 Å². The van der Waals surface area contributed by atoms with Gasteiger partial charge in [0.1, 0.15) is 5.76 Å². The molecule has 8 heteroatoms. The van der Waals surface area contributed by atoms with Gasteiger partial charge in [0.15, 0.2) is 11.5 Å². The Morgan fingerprint density at radius 3 is 2.17 bits per heavy atom. The Hall–Kier alpha value is -3.48. The van der Waals surface area contributed by atoms with Crippen LogP contribution in [-0.4, -0.2) is 11.8 Å². The minimum atomic E-state index is -0.450. The van der Waals surface area contributed by atoms with Gasteiger partial charge < -0.3 is 19.5 Å². The number of hydrogen-bond donors (Lipinski definition) is 2. The summed E-state index contributed by atoms with van der Waals surface area (Å²) in [7, 11) is 0. The quantitative estimate of drug-likeness (QED) is 0.378. The summed E-state index contributed by atoms with van der Waals surface area (Å²) in [5.41, 5.74) is 1.57. The number of rotatable bonds is 5. The lowest BCUT2D eigenvalue weighted by Crippen LogP contribution is -2.13. The van der Waals surface area contributed by atoms with Gasteiger partial charge >= 0.3 is 0 Å². The molecule has 2 heterocycles. The van der Waals surface area contributed by atoms with Crippen LogP contribution < -0.4 is 10.6 Å². The van der Waals surface area contributed by atoms with E-state index in [9.17, 15) is 9.59 Å². The molecule has 30 heavy (non-hydrogen) atoms. The molecule has 6 nitrogen and oxygen atoms in total. The zero-order chi connectivity index (χ0) is 21.1. The van der Waals surface area contributed by atoms with Crippen molar-refractivity contribution < 1.29 is 18.4 Å². The fraction of sp³-hybridized carbons (Fsp3) is 0. The molecule has 0 aliphatic rings. The van der Waals surface area contributed by atoms with Crippen LogP contribution in [0.4, 0.5) is 11.4 Å². The highest BCUT2D eigenvalue weighted by Gasteiger charge is 2.16. The molecule has 0 saturated carbocycles. The van der Waals surface area contributed by atoms with Crippen LogP contribution in [0.2, 0.25) is 10.0 Å². The highest BCUT2D eigenvalue weighted by atomic mass is 35.5. The Labute approximate surface area is 181 Å². The lowest BCUT2D eigenvalue weighted by atomic mass is 10.2. The molecule has 2 N–H and O–H groups in total. The van der Waals surface area contributed by atoms with Gasteiger partial charge in [-0.1, -0.05) is 35.3 Å². The highest BCUT2D eigenvalue weighted by Crippen LogP contribution is 2.34. The Morgan fingerprint density at radius 1 is 0.767 bits per heavy atom. The molecule has 0 aliphatic heterocycles. The van der Waals surface area contributed by atoms with Gasteiger partial charge in [-0.2, -0.15) is 0 Å². The number of nitrogens with one attached hydrogen (secondary N) is 2. The fourth-order valence-electron chi connectivity index (χ4n) is 2.77. The van der Waals surface area contributed by atoms with Crippen molar-refractivity contribution in [2.75, 3.05) is 10.6 Å². The van der Waals surface area contributed by atoms with E-state index in [1.165, 1.54) is 6.26 Å². The summed E-state index contributed by atoms with van der Waals surface area (Å²) in [6.45, 7) is 0. The standard InChI is InChI=1S/C22H14Cl2N2O4/c23-16-7-2-6-15(20(16)24)17-9-10-19(30-17)22(28)26-14-5-1-4-13(12-14)25-21(27)18-8-3-11-29-18/h1-12H,(H,25,27)(H,26,28). The van der Waals surface area contributed by atoms with Gasteiger partial charge in [-0.3, -0.25) is 9.59 Å². The van der Waals surface area contributed by atoms with Crippen molar-refractivity contribution in [3.8, 4) is 11.3 Å². The van der Waals surface area contributed by atoms with Crippen LogP contribution in [-0.2, 0) is 0 Å². The minimum Gasteiger partial charge on any atom is -0.459 e. The summed E-state index contributed by atoms with van der Waals surface area (Å²) in [6, 6.07) is 18.2. The Morgan fingerprint density at radius 2 is 1.47 bits per heavy atom. The van der Waals surface area contributed by atoms with Crippen molar-refractivity contribution in [1.29, 1.82) is 0 Å². The van der Waals surface area contributed by atoms with E-state index >= 15 is 0 Å². The van der Waals surface area contributed by atoms with Crippen molar-refractivity contribution >= 4 is 46.4 Å². The third-order valence-corrected chi connectivity index (χ3v) is 4.99. The first-order valence-corrected chi connectivity index (χ1v) is 9.57. The zero-order valence-electron chi connectivity index (χ0n) is 15.3. The molecule has 2 amide bonds. The smallest absolute Gasteiger partial charge is 0.291 e. The zero-order valence-corrected chi connectivity index (χ0v) is 16.8. The van der Waals surface area contributed by atoms with Crippen molar-refractivity contribution in [2.24, 2.45) is 0 Å². The molecule has 0 spiro atoms. The maximum atomic E-state index is 12.6. The first-order chi connectivity index (χ1) is 14.5. The van der Waals surface area contributed by atoms with Gasteiger partial charge in [0.2, 0.25) is 0 Å². The summed E-state index contributed by atoms with van der Waals surface area (Å²) in [5.74, 6) is -0.128. The SMILES string of the molecule is O=C(Nc1cccc(NC(=O)c2ccc(-c3cccc(Cl)c3Cl)o2)c1)c1ccco1. The first-order valence-electron chi connectivity index (χ1n) is 8.82. The molecule has 0 unspecified atom stereocenters. The Bertz CT molecular complexity index is 1220. The lowest BCUT2D eigenvalue weighted by Gasteiger charge is -2.07. The number of amides is 2. The van der Waals surface area contributed by atoms with Crippen LogP contribution >= 0.6 is 23.2 Å². The van der Waals surface area contributed by atoms with Crippen LogP contribution in [0, 0.1) is 0 Å². The second-order valence-electron chi connectivity index (χ2n) is 6.23. The molecule has 0 fully saturated rings. The molecule has 4 aromatic rings. The molecule has 2 aromatic carbocycles. The van der Waals surface area contributed by atoms with E-state index in [1.54, 1.807) is 66.7 Å². The Kier molecular flexibility index (Phi) is 5.61. The highest BCUT2D eigenvalue weighted by molar-refractivity contribution is 6.43. The molecule has 0 saturated heterocycles. The number of carbonyl (C=O) groups excluding carboxylic acids is 2. The van der Waals surface area contributed by atoms with Gasteiger partial charge in [0.25, 0.3) is 11.8 Å². The van der Waals surface area contributed by atoms with Gasteiger partial charge in [0.05, 0.1) is 16.3 Å². The average Bonchev–Trinajstić information content (AvgIpc) is 3.43. The number of benzene rings is 2. The molecule has 0 aliphatic carbocycles. The van der Waals surface area contributed by atoms with Gasteiger partial charge in [0, 0.05) is 16.9 Å². The second-order valence-corrected chi connectivity index (χ2v) is 7.02. The molecule has 0 bridgehead atoms. The maximum absolute atomic E-state index is 12.6. The summed E-state index contributed by atoms with van der Waals surface area (Å²) >= 11 is 12.2. The minimum absolute atomic E-state index is 0.103. The van der Waals surface area contributed by atoms with Crippen LogP contribution in [0.25, 0.3) is 11.3 Å². The molecule has 4 rings (SSSR count). The molecule has 2 aromatic heterocycles. The number of hydrogen-bond acceptors (Lipinski definition) is 4. The van der Waals surface area contributed by atoms with E-state index in [-0.39, 0.29) is 11.5 Å². The lowest BCUT2D eigenvalue weighted by molar-refractivity contribution is 0.0990. The van der Waals surface area contributed by atoms with Gasteiger partial charge in [-0.25, -0.2) is 0 Å². The van der Waals surface area contributed by atoms with Gasteiger partial charge in [-0.15, -0.1) is 0 Å². The topological polar surface area (TPSA) is 84.5 Å². The summed E-state index contributed by atoms with van der Waals surface area (Å²) in [6.07, 6.45) is 1.42. The van der Waals surface area contributed by atoms with E-state index in [0.29, 0.717) is 32.7 Å². The third-order valence-electron chi connectivity index (χ3n) is 4.17. The first kappa shape index (κ1) is 19.8. The molecule has 150 valence electrons.